The number of hydrogen-bond acceptors (Lipinski definition) is 4. The summed E-state index contributed by atoms with van der Waals surface area (Å²) in [4.78, 5) is 2.55. The summed E-state index contributed by atoms with van der Waals surface area (Å²) < 4.78 is 22.7. The van der Waals surface area contributed by atoms with Crippen LogP contribution in [-0.4, -0.2) is 38.2 Å². The Bertz CT molecular complexity index is 296. The Hall–Kier alpha value is 0.160. The highest BCUT2D eigenvalue weighted by Gasteiger charge is 2.37. The summed E-state index contributed by atoms with van der Waals surface area (Å²) in [7, 11) is -2.93. The Morgan fingerprint density at radius 3 is 2.33 bits per heavy atom. The van der Waals surface area contributed by atoms with Crippen molar-refractivity contribution in [3.05, 3.63) is 0 Å². The number of rotatable bonds is 4. The fourth-order valence-electron chi connectivity index (χ4n) is 2.16. The van der Waals surface area contributed by atoms with Crippen LogP contribution in [0.1, 0.15) is 25.7 Å². The smallest absolute Gasteiger partial charge is 0.150 e. The maximum Gasteiger partial charge on any atom is 0.150 e. The Kier molecular flexibility index (Phi) is 4.40. The van der Waals surface area contributed by atoms with Gasteiger partial charge < -0.3 is 5.11 Å². The van der Waals surface area contributed by atoms with E-state index in [-0.39, 0.29) is 17.3 Å². The third kappa shape index (κ3) is 3.31. The molecule has 90 valence electrons. The first-order valence-corrected chi connectivity index (χ1v) is 7.40. The lowest BCUT2D eigenvalue weighted by molar-refractivity contribution is 0.0879. The Morgan fingerprint density at radius 1 is 1.47 bits per heavy atom. The van der Waals surface area contributed by atoms with Gasteiger partial charge in [0.1, 0.15) is 9.84 Å². The van der Waals surface area contributed by atoms with Gasteiger partial charge in [-0.05, 0) is 37.5 Å². The molecule has 1 fully saturated rings. The van der Waals surface area contributed by atoms with E-state index in [1.807, 2.05) is 0 Å². The highest BCUT2D eigenvalue weighted by atomic mass is 35.5. The number of nitrogens with one attached hydrogen (secondary N) is 1. The molecule has 0 aromatic heterocycles. The van der Waals surface area contributed by atoms with Gasteiger partial charge in [0.05, 0.1) is 5.25 Å². The van der Waals surface area contributed by atoms with Gasteiger partial charge in [-0.25, -0.2) is 13.3 Å². The molecule has 1 saturated carbocycles. The van der Waals surface area contributed by atoms with Crippen molar-refractivity contribution < 1.29 is 13.5 Å². The minimum atomic E-state index is -2.93. The normalized spacial score (nSPS) is 32.9. The Balaban J connectivity index is 2.61. The van der Waals surface area contributed by atoms with Gasteiger partial charge in [0.15, 0.2) is 0 Å². The summed E-state index contributed by atoms with van der Waals surface area (Å²) in [5, 5.41) is 9.07. The van der Waals surface area contributed by atoms with Gasteiger partial charge in [0.25, 0.3) is 0 Å². The molecule has 2 N–H and O–H groups in total. The quantitative estimate of drug-likeness (QED) is 0.726. The highest BCUT2D eigenvalue weighted by Crippen LogP contribution is 2.37. The molecule has 0 bridgehead atoms. The van der Waals surface area contributed by atoms with E-state index in [0.29, 0.717) is 32.2 Å². The molecule has 0 spiro atoms. The molecular formula is C9H18ClNO3S. The Labute approximate surface area is 96.0 Å². The molecule has 0 heterocycles. The maximum absolute atomic E-state index is 11.3. The second kappa shape index (κ2) is 4.99. The Morgan fingerprint density at radius 2 is 2.00 bits per heavy atom. The minimum Gasteiger partial charge on any atom is -0.396 e. The zero-order valence-electron chi connectivity index (χ0n) is 8.87. The topological polar surface area (TPSA) is 66.4 Å². The van der Waals surface area contributed by atoms with Crippen molar-refractivity contribution in [2.45, 2.75) is 30.9 Å². The number of aliphatic hydroxyl groups excluding tert-OH is 1. The van der Waals surface area contributed by atoms with Crippen LogP contribution < -0.4 is 4.84 Å². The molecule has 4 nitrogen and oxygen atoms in total. The zero-order chi connectivity index (χ0) is 11.5. The van der Waals surface area contributed by atoms with E-state index >= 15 is 0 Å². The van der Waals surface area contributed by atoms with Crippen molar-refractivity contribution in [1.29, 1.82) is 0 Å². The summed E-state index contributed by atoms with van der Waals surface area (Å²) in [6.45, 7) is 0.588. The standard InChI is InChI=1S/C9H18ClNO3S/c1-15(13,14)8-2-4-9(7-12,5-3-8)6-11-10/h8,11-12H,2-7H2,1H3. The molecule has 0 aromatic carbocycles. The number of sulfone groups is 1. The van der Waals surface area contributed by atoms with Crippen molar-refractivity contribution in [2.24, 2.45) is 5.41 Å². The molecule has 0 radical (unpaired) electrons. The van der Waals surface area contributed by atoms with Crippen molar-refractivity contribution >= 4 is 21.6 Å². The molecule has 1 rings (SSSR count). The van der Waals surface area contributed by atoms with Crippen LogP contribution in [0.15, 0.2) is 0 Å². The van der Waals surface area contributed by atoms with E-state index in [1.54, 1.807) is 0 Å². The zero-order valence-corrected chi connectivity index (χ0v) is 10.4. The van der Waals surface area contributed by atoms with Crippen LogP contribution in [0.4, 0.5) is 0 Å². The maximum atomic E-state index is 11.3. The highest BCUT2D eigenvalue weighted by molar-refractivity contribution is 7.91. The van der Waals surface area contributed by atoms with Crippen LogP contribution in [-0.2, 0) is 9.84 Å². The monoisotopic (exact) mass is 255 g/mol. The number of halogens is 1. The molecule has 0 unspecified atom stereocenters. The van der Waals surface area contributed by atoms with Gasteiger partial charge in [-0.2, -0.15) is 0 Å². The first kappa shape index (κ1) is 13.2. The lowest BCUT2D eigenvalue weighted by atomic mass is 9.74. The van der Waals surface area contributed by atoms with Gasteiger partial charge in [-0.1, -0.05) is 0 Å². The molecule has 1 aliphatic rings. The van der Waals surface area contributed by atoms with Crippen LogP contribution in [0.5, 0.6) is 0 Å². The summed E-state index contributed by atoms with van der Waals surface area (Å²) in [5.74, 6) is 0. The SMILES string of the molecule is CS(=O)(=O)C1CCC(CO)(CNCl)CC1. The van der Waals surface area contributed by atoms with Gasteiger partial charge in [-0.15, -0.1) is 0 Å². The third-order valence-electron chi connectivity index (χ3n) is 3.38. The molecule has 0 amide bonds. The fraction of sp³-hybridized carbons (Fsp3) is 1.00. The summed E-state index contributed by atoms with van der Waals surface area (Å²) in [5.41, 5.74) is -0.233. The molecule has 0 saturated heterocycles. The van der Waals surface area contributed by atoms with Crippen LogP contribution >= 0.6 is 11.8 Å². The largest absolute Gasteiger partial charge is 0.396 e. The van der Waals surface area contributed by atoms with Gasteiger partial charge in [0, 0.05) is 24.8 Å². The summed E-state index contributed by atoms with van der Waals surface area (Å²) in [6, 6.07) is 0. The average Bonchev–Trinajstić information content (AvgIpc) is 2.17. The van der Waals surface area contributed by atoms with Crippen LogP contribution in [0.2, 0.25) is 0 Å². The van der Waals surface area contributed by atoms with E-state index in [1.165, 1.54) is 6.26 Å². The first-order chi connectivity index (χ1) is 6.93. The molecule has 15 heavy (non-hydrogen) atoms. The lowest BCUT2D eigenvalue weighted by Gasteiger charge is -2.37. The fourth-order valence-corrected chi connectivity index (χ4v) is 3.54. The van der Waals surface area contributed by atoms with Crippen LogP contribution in [0.3, 0.4) is 0 Å². The third-order valence-corrected chi connectivity index (χ3v) is 5.19. The van der Waals surface area contributed by atoms with Gasteiger partial charge in [-0.3, -0.25) is 0 Å². The predicted molar refractivity (Wildman–Crippen MR) is 60.5 cm³/mol. The van der Waals surface area contributed by atoms with Crippen molar-refractivity contribution in [3.63, 3.8) is 0 Å². The predicted octanol–water partition coefficient (Wildman–Crippen LogP) is 0.696. The summed E-state index contributed by atoms with van der Waals surface area (Å²) >= 11 is 5.45. The van der Waals surface area contributed by atoms with Gasteiger partial charge in [0.2, 0.25) is 0 Å². The number of aliphatic hydroxyl groups is 1. The van der Waals surface area contributed by atoms with E-state index in [9.17, 15) is 13.5 Å². The second-order valence-corrected chi connectivity index (χ2v) is 7.09. The van der Waals surface area contributed by atoms with E-state index < -0.39 is 9.84 Å². The molecule has 0 atom stereocenters. The molecule has 0 aromatic rings. The average molecular weight is 256 g/mol. The van der Waals surface area contributed by atoms with Crippen molar-refractivity contribution in [3.8, 4) is 0 Å². The molecule has 0 aliphatic heterocycles. The lowest BCUT2D eigenvalue weighted by Crippen LogP contribution is -2.40. The van der Waals surface area contributed by atoms with Crippen molar-refractivity contribution in [2.75, 3.05) is 19.4 Å². The second-order valence-electron chi connectivity index (χ2n) is 4.50. The van der Waals surface area contributed by atoms with Gasteiger partial charge >= 0.3 is 0 Å². The van der Waals surface area contributed by atoms with Crippen LogP contribution in [0.25, 0.3) is 0 Å². The van der Waals surface area contributed by atoms with Crippen LogP contribution in [0, 0.1) is 5.41 Å². The molecule has 6 heteroatoms. The molecular weight excluding hydrogens is 238 g/mol. The van der Waals surface area contributed by atoms with E-state index in [4.69, 9.17) is 11.8 Å². The first-order valence-electron chi connectivity index (χ1n) is 5.07. The summed E-state index contributed by atoms with van der Waals surface area (Å²) in [6.07, 6.45) is 3.95. The molecule has 1 aliphatic carbocycles. The van der Waals surface area contributed by atoms with Crippen molar-refractivity contribution in [1.82, 2.24) is 4.84 Å². The van der Waals surface area contributed by atoms with E-state index in [2.05, 4.69) is 4.84 Å². The van der Waals surface area contributed by atoms with E-state index in [0.717, 1.165) is 0 Å². The minimum absolute atomic E-state index is 0.0587. The number of hydrogen-bond donors (Lipinski definition) is 2.